The first-order chi connectivity index (χ1) is 6.39. The normalized spacial score (nSPS) is 14.0. The molecule has 0 aromatic heterocycles. The molecule has 1 atom stereocenters. The lowest BCUT2D eigenvalue weighted by Crippen LogP contribution is -2.40. The van der Waals surface area contributed by atoms with Gasteiger partial charge in [0.2, 0.25) is 0 Å². The Morgan fingerprint density at radius 2 is 1.86 bits per heavy atom. The van der Waals surface area contributed by atoms with Gasteiger partial charge in [0.1, 0.15) is 5.75 Å². The van der Waals surface area contributed by atoms with Crippen LogP contribution in [0.5, 0.6) is 5.75 Å². The smallest absolute Gasteiger partial charge is 0.260 e. The van der Waals surface area contributed by atoms with E-state index in [-0.39, 0.29) is 12.2 Å². The second-order valence-corrected chi connectivity index (χ2v) is 3.43. The molecular weight excluding hydrogens is 188 g/mol. The Labute approximate surface area is 81.4 Å². The summed E-state index contributed by atoms with van der Waals surface area (Å²) < 4.78 is 25.4. The molecule has 78 valence electrons. The first kappa shape index (κ1) is 10.9. The van der Waals surface area contributed by atoms with Crippen LogP contribution in [0.1, 0.15) is 12.5 Å². The third kappa shape index (κ3) is 2.96. The largest absolute Gasteiger partial charge is 0.508 e. The summed E-state index contributed by atoms with van der Waals surface area (Å²) in [6, 6.07) is 4.89. The summed E-state index contributed by atoms with van der Waals surface area (Å²) in [5.74, 6) is -2.76. The quantitative estimate of drug-likeness (QED) is 0.784. The Hall–Kier alpha value is -1.16. The van der Waals surface area contributed by atoms with E-state index in [4.69, 9.17) is 10.8 Å². The minimum atomic E-state index is -2.88. The van der Waals surface area contributed by atoms with Crippen LogP contribution in [0.25, 0.3) is 0 Å². The van der Waals surface area contributed by atoms with E-state index in [0.29, 0.717) is 5.56 Å². The van der Waals surface area contributed by atoms with Gasteiger partial charge in [-0.3, -0.25) is 0 Å². The number of phenolic OH excluding ortho intramolecular Hbond substituents is 1. The molecule has 0 aliphatic rings. The molecule has 14 heavy (non-hydrogen) atoms. The van der Waals surface area contributed by atoms with Gasteiger partial charge in [0.15, 0.2) is 0 Å². The van der Waals surface area contributed by atoms with Crippen molar-refractivity contribution >= 4 is 0 Å². The van der Waals surface area contributed by atoms with Gasteiger partial charge >= 0.3 is 0 Å². The first-order valence-electron chi connectivity index (χ1n) is 4.31. The highest BCUT2D eigenvalue weighted by Gasteiger charge is 2.30. The summed E-state index contributed by atoms with van der Waals surface area (Å²) in [4.78, 5) is 0. The number of hydrogen-bond acceptors (Lipinski definition) is 2. The Bertz CT molecular complexity index is 292. The molecule has 0 radical (unpaired) electrons. The Morgan fingerprint density at radius 3 is 2.29 bits per heavy atom. The molecule has 1 unspecified atom stereocenters. The monoisotopic (exact) mass is 201 g/mol. The van der Waals surface area contributed by atoms with Crippen molar-refractivity contribution in [3.63, 3.8) is 0 Å². The molecule has 1 aromatic carbocycles. The number of alkyl halides is 2. The molecule has 0 amide bonds. The molecule has 4 heteroatoms. The fourth-order valence-electron chi connectivity index (χ4n) is 1.07. The second-order valence-electron chi connectivity index (χ2n) is 3.43. The lowest BCUT2D eigenvalue weighted by molar-refractivity contribution is -0.00513. The number of aromatic hydroxyl groups is 1. The number of halogens is 2. The van der Waals surface area contributed by atoms with Crippen molar-refractivity contribution in [2.75, 3.05) is 0 Å². The zero-order valence-electron chi connectivity index (χ0n) is 7.87. The number of rotatable bonds is 3. The van der Waals surface area contributed by atoms with Crippen LogP contribution in [0.4, 0.5) is 8.78 Å². The molecule has 0 heterocycles. The third-order valence-electron chi connectivity index (χ3n) is 2.04. The highest BCUT2D eigenvalue weighted by atomic mass is 19.3. The van der Waals surface area contributed by atoms with E-state index in [0.717, 1.165) is 6.92 Å². The van der Waals surface area contributed by atoms with Crippen LogP contribution >= 0.6 is 0 Å². The number of phenols is 1. The van der Waals surface area contributed by atoms with Gasteiger partial charge < -0.3 is 10.8 Å². The molecule has 2 nitrogen and oxygen atoms in total. The van der Waals surface area contributed by atoms with E-state index in [1.54, 1.807) is 12.1 Å². The van der Waals surface area contributed by atoms with Crippen molar-refractivity contribution in [1.82, 2.24) is 0 Å². The number of benzene rings is 1. The predicted molar refractivity (Wildman–Crippen MR) is 50.4 cm³/mol. The van der Waals surface area contributed by atoms with Crippen molar-refractivity contribution in [3.05, 3.63) is 29.8 Å². The summed E-state index contributed by atoms with van der Waals surface area (Å²) in [6.45, 7) is 0.804. The highest BCUT2D eigenvalue weighted by molar-refractivity contribution is 5.26. The Balaban J connectivity index is 2.65. The van der Waals surface area contributed by atoms with E-state index in [9.17, 15) is 8.78 Å². The van der Waals surface area contributed by atoms with Crippen molar-refractivity contribution in [2.45, 2.75) is 25.3 Å². The van der Waals surface area contributed by atoms with Crippen LogP contribution in [0.2, 0.25) is 0 Å². The minimum absolute atomic E-state index is 0.101. The molecule has 0 bridgehead atoms. The standard InChI is InChI=1S/C10H13F2NO/c1-10(11,12)9(13)6-7-2-4-8(14)5-3-7/h2-5,9,14H,6,13H2,1H3. The molecule has 0 saturated carbocycles. The average Bonchev–Trinajstić information content (AvgIpc) is 2.07. The van der Waals surface area contributed by atoms with Crippen LogP contribution in [0.3, 0.4) is 0 Å². The van der Waals surface area contributed by atoms with Gasteiger partial charge in [0.25, 0.3) is 5.92 Å². The Kier molecular flexibility index (Phi) is 3.06. The predicted octanol–water partition coefficient (Wildman–Crippen LogP) is 1.92. The molecule has 0 fully saturated rings. The molecule has 0 aliphatic carbocycles. The molecule has 1 rings (SSSR count). The lowest BCUT2D eigenvalue weighted by Gasteiger charge is -2.18. The van der Waals surface area contributed by atoms with E-state index in [1.807, 2.05) is 0 Å². The second kappa shape index (κ2) is 3.92. The topological polar surface area (TPSA) is 46.2 Å². The molecule has 1 aromatic rings. The first-order valence-corrected chi connectivity index (χ1v) is 4.31. The summed E-state index contributed by atoms with van der Waals surface area (Å²) in [7, 11) is 0. The molecule has 3 N–H and O–H groups in total. The van der Waals surface area contributed by atoms with Gasteiger partial charge in [0, 0.05) is 6.92 Å². The maximum atomic E-state index is 12.7. The van der Waals surface area contributed by atoms with E-state index in [1.165, 1.54) is 12.1 Å². The van der Waals surface area contributed by atoms with Crippen molar-refractivity contribution < 1.29 is 13.9 Å². The average molecular weight is 201 g/mol. The molecule has 0 aliphatic heterocycles. The zero-order chi connectivity index (χ0) is 10.8. The van der Waals surface area contributed by atoms with E-state index in [2.05, 4.69) is 0 Å². The van der Waals surface area contributed by atoms with Crippen LogP contribution in [0.15, 0.2) is 24.3 Å². The van der Waals surface area contributed by atoms with Crippen molar-refractivity contribution in [2.24, 2.45) is 5.73 Å². The van der Waals surface area contributed by atoms with Gasteiger partial charge in [0.05, 0.1) is 6.04 Å². The fourth-order valence-corrected chi connectivity index (χ4v) is 1.07. The lowest BCUT2D eigenvalue weighted by atomic mass is 10.0. The minimum Gasteiger partial charge on any atom is -0.508 e. The Morgan fingerprint density at radius 1 is 1.36 bits per heavy atom. The van der Waals surface area contributed by atoms with E-state index >= 15 is 0 Å². The number of nitrogens with two attached hydrogens (primary N) is 1. The summed E-state index contributed by atoms with van der Waals surface area (Å²) >= 11 is 0. The van der Waals surface area contributed by atoms with Crippen LogP contribution in [-0.2, 0) is 6.42 Å². The maximum absolute atomic E-state index is 12.7. The van der Waals surface area contributed by atoms with E-state index < -0.39 is 12.0 Å². The molecular formula is C10H13F2NO. The highest BCUT2D eigenvalue weighted by Crippen LogP contribution is 2.19. The molecule has 0 spiro atoms. The zero-order valence-corrected chi connectivity index (χ0v) is 7.87. The third-order valence-corrected chi connectivity index (χ3v) is 2.04. The fraction of sp³-hybridized carbons (Fsp3) is 0.400. The molecule has 0 saturated heterocycles. The van der Waals surface area contributed by atoms with Gasteiger partial charge in [-0.25, -0.2) is 8.78 Å². The van der Waals surface area contributed by atoms with Gasteiger partial charge in [-0.15, -0.1) is 0 Å². The van der Waals surface area contributed by atoms with Crippen LogP contribution in [-0.4, -0.2) is 17.1 Å². The number of hydrogen-bond donors (Lipinski definition) is 2. The SMILES string of the molecule is CC(F)(F)C(N)Cc1ccc(O)cc1. The van der Waals surface area contributed by atoms with Crippen molar-refractivity contribution in [3.8, 4) is 5.75 Å². The van der Waals surface area contributed by atoms with Gasteiger partial charge in [-0.1, -0.05) is 12.1 Å². The van der Waals surface area contributed by atoms with Gasteiger partial charge in [-0.2, -0.15) is 0 Å². The summed E-state index contributed by atoms with van der Waals surface area (Å²) in [5, 5.41) is 8.97. The van der Waals surface area contributed by atoms with Crippen molar-refractivity contribution in [1.29, 1.82) is 0 Å². The summed E-state index contributed by atoms with van der Waals surface area (Å²) in [6.07, 6.45) is 0.101. The maximum Gasteiger partial charge on any atom is 0.260 e. The van der Waals surface area contributed by atoms with Crippen LogP contribution < -0.4 is 5.73 Å². The summed E-state index contributed by atoms with van der Waals surface area (Å²) in [5.41, 5.74) is 6.00. The van der Waals surface area contributed by atoms with Gasteiger partial charge in [-0.05, 0) is 24.1 Å². The van der Waals surface area contributed by atoms with Crippen LogP contribution in [0, 0.1) is 0 Å².